The number of pyridine rings is 1. The molecule has 0 fully saturated rings. The highest BCUT2D eigenvalue weighted by Crippen LogP contribution is 2.12. The number of amides is 1. The Morgan fingerprint density at radius 1 is 0.962 bits per heavy atom. The fourth-order valence-electron chi connectivity index (χ4n) is 2.58. The van der Waals surface area contributed by atoms with Gasteiger partial charge in [0.15, 0.2) is 0 Å². The van der Waals surface area contributed by atoms with E-state index in [-0.39, 0.29) is 5.91 Å². The zero-order valence-electron chi connectivity index (χ0n) is 14.3. The molecular weight excluding hydrogens is 346 g/mol. The average molecular weight is 366 g/mol. The smallest absolute Gasteiger partial charge is 0.251 e. The first-order valence-corrected chi connectivity index (χ1v) is 8.85. The Kier molecular flexibility index (Phi) is 6.23. The fourth-order valence-corrected chi connectivity index (χ4v) is 2.79. The van der Waals surface area contributed by atoms with Gasteiger partial charge in [0, 0.05) is 29.9 Å². The predicted octanol–water partition coefficient (Wildman–Crippen LogP) is 4.32. The molecule has 2 aromatic carbocycles. The molecule has 1 aromatic heterocycles. The summed E-state index contributed by atoms with van der Waals surface area (Å²) < 4.78 is 0. The van der Waals surface area contributed by atoms with Crippen LogP contribution in [0.4, 0.5) is 5.82 Å². The Bertz CT molecular complexity index is 868. The SMILES string of the molecule is O=C(NCc1ccccc1)c1ccnc(NCCc2cccc(Cl)c2)c1. The number of nitrogens with zero attached hydrogens (tertiary/aromatic N) is 1. The zero-order chi connectivity index (χ0) is 18.2. The number of halogens is 1. The van der Waals surface area contributed by atoms with Crippen molar-refractivity contribution < 1.29 is 4.79 Å². The van der Waals surface area contributed by atoms with E-state index in [0.29, 0.717) is 24.5 Å². The van der Waals surface area contributed by atoms with E-state index in [1.54, 1.807) is 18.3 Å². The summed E-state index contributed by atoms with van der Waals surface area (Å²) in [6.07, 6.45) is 2.46. The topological polar surface area (TPSA) is 54.0 Å². The minimum absolute atomic E-state index is 0.117. The lowest BCUT2D eigenvalue weighted by molar-refractivity contribution is 0.0951. The molecule has 1 heterocycles. The largest absolute Gasteiger partial charge is 0.370 e. The van der Waals surface area contributed by atoms with Gasteiger partial charge in [-0.2, -0.15) is 0 Å². The van der Waals surface area contributed by atoms with Crippen molar-refractivity contribution in [2.24, 2.45) is 0 Å². The van der Waals surface area contributed by atoms with E-state index in [9.17, 15) is 4.79 Å². The Balaban J connectivity index is 1.53. The highest BCUT2D eigenvalue weighted by Gasteiger charge is 2.07. The Hall–Kier alpha value is -2.85. The van der Waals surface area contributed by atoms with Crippen molar-refractivity contribution in [3.63, 3.8) is 0 Å². The molecule has 1 amide bonds. The van der Waals surface area contributed by atoms with Crippen LogP contribution in [0.15, 0.2) is 72.9 Å². The summed E-state index contributed by atoms with van der Waals surface area (Å²) >= 11 is 5.99. The zero-order valence-corrected chi connectivity index (χ0v) is 15.0. The van der Waals surface area contributed by atoms with Crippen molar-refractivity contribution in [2.75, 3.05) is 11.9 Å². The number of carbonyl (C=O) groups excluding carboxylic acids is 1. The minimum atomic E-state index is -0.117. The third-order valence-electron chi connectivity index (χ3n) is 3.93. The maximum Gasteiger partial charge on any atom is 0.251 e. The van der Waals surface area contributed by atoms with Gasteiger partial charge >= 0.3 is 0 Å². The van der Waals surface area contributed by atoms with Gasteiger partial charge in [-0.05, 0) is 41.8 Å². The van der Waals surface area contributed by atoms with Gasteiger partial charge in [0.2, 0.25) is 0 Å². The van der Waals surface area contributed by atoms with Crippen molar-refractivity contribution in [3.8, 4) is 0 Å². The van der Waals surface area contributed by atoms with Crippen LogP contribution in [0.1, 0.15) is 21.5 Å². The third kappa shape index (κ3) is 5.33. The van der Waals surface area contributed by atoms with Crippen LogP contribution in [-0.4, -0.2) is 17.4 Å². The summed E-state index contributed by atoms with van der Waals surface area (Å²) in [7, 11) is 0. The molecule has 0 aliphatic carbocycles. The lowest BCUT2D eigenvalue weighted by Crippen LogP contribution is -2.23. The van der Waals surface area contributed by atoms with E-state index in [2.05, 4.69) is 15.6 Å². The van der Waals surface area contributed by atoms with Crippen molar-refractivity contribution in [1.29, 1.82) is 0 Å². The number of hydrogen-bond acceptors (Lipinski definition) is 3. The summed E-state index contributed by atoms with van der Waals surface area (Å²) in [5, 5.41) is 6.90. The molecule has 4 nitrogen and oxygen atoms in total. The highest BCUT2D eigenvalue weighted by molar-refractivity contribution is 6.30. The molecule has 26 heavy (non-hydrogen) atoms. The second-order valence-electron chi connectivity index (χ2n) is 5.90. The molecule has 0 atom stereocenters. The van der Waals surface area contributed by atoms with E-state index in [4.69, 9.17) is 11.6 Å². The number of benzene rings is 2. The summed E-state index contributed by atoms with van der Waals surface area (Å²) in [4.78, 5) is 16.6. The molecule has 0 radical (unpaired) electrons. The molecule has 0 unspecified atom stereocenters. The first-order valence-electron chi connectivity index (χ1n) is 8.47. The van der Waals surface area contributed by atoms with Crippen LogP contribution < -0.4 is 10.6 Å². The van der Waals surface area contributed by atoms with E-state index >= 15 is 0 Å². The molecule has 3 rings (SSSR count). The van der Waals surface area contributed by atoms with Crippen LogP contribution in [-0.2, 0) is 13.0 Å². The summed E-state index contributed by atoms with van der Waals surface area (Å²) in [5.74, 6) is 0.563. The van der Waals surface area contributed by atoms with Gasteiger partial charge in [0.05, 0.1) is 0 Å². The first kappa shape index (κ1) is 18.0. The van der Waals surface area contributed by atoms with Crippen LogP contribution in [0.5, 0.6) is 0 Å². The van der Waals surface area contributed by atoms with Crippen LogP contribution in [0.3, 0.4) is 0 Å². The molecule has 2 N–H and O–H groups in total. The van der Waals surface area contributed by atoms with Gasteiger partial charge in [-0.25, -0.2) is 4.98 Å². The van der Waals surface area contributed by atoms with Crippen molar-refractivity contribution >= 4 is 23.3 Å². The van der Waals surface area contributed by atoms with Gasteiger partial charge in [-0.1, -0.05) is 54.1 Å². The molecule has 0 saturated carbocycles. The van der Waals surface area contributed by atoms with Crippen LogP contribution >= 0.6 is 11.6 Å². The summed E-state index contributed by atoms with van der Waals surface area (Å²) in [5.41, 5.74) is 2.80. The molecule has 0 saturated heterocycles. The van der Waals surface area contributed by atoms with Crippen LogP contribution in [0.25, 0.3) is 0 Å². The summed E-state index contributed by atoms with van der Waals surface area (Å²) in [6.45, 7) is 1.21. The first-order chi connectivity index (χ1) is 12.7. The quantitative estimate of drug-likeness (QED) is 0.655. The van der Waals surface area contributed by atoms with Gasteiger partial charge in [0.25, 0.3) is 5.91 Å². The summed E-state index contributed by atoms with van der Waals surface area (Å²) in [6, 6.07) is 21.1. The molecule has 3 aromatic rings. The highest BCUT2D eigenvalue weighted by atomic mass is 35.5. The standard InChI is InChI=1S/C21H20ClN3O/c22-19-8-4-7-16(13-19)9-11-23-20-14-18(10-12-24-20)21(26)25-15-17-5-2-1-3-6-17/h1-8,10,12-14H,9,11,15H2,(H,23,24)(H,25,26). The minimum Gasteiger partial charge on any atom is -0.370 e. The normalized spacial score (nSPS) is 10.3. The van der Waals surface area contributed by atoms with Gasteiger partial charge < -0.3 is 10.6 Å². The second kappa shape index (κ2) is 9.02. The Morgan fingerprint density at radius 2 is 1.77 bits per heavy atom. The monoisotopic (exact) mass is 365 g/mol. The van der Waals surface area contributed by atoms with Gasteiger partial charge in [-0.15, -0.1) is 0 Å². The maximum atomic E-state index is 12.3. The molecule has 5 heteroatoms. The number of carbonyl (C=O) groups is 1. The van der Waals surface area contributed by atoms with Crippen LogP contribution in [0.2, 0.25) is 5.02 Å². The van der Waals surface area contributed by atoms with Crippen molar-refractivity contribution in [2.45, 2.75) is 13.0 Å². The lowest BCUT2D eigenvalue weighted by atomic mass is 10.1. The fraction of sp³-hybridized carbons (Fsp3) is 0.143. The predicted molar refractivity (Wildman–Crippen MR) is 105 cm³/mol. The average Bonchev–Trinajstić information content (AvgIpc) is 2.67. The van der Waals surface area contributed by atoms with E-state index in [1.807, 2.05) is 54.6 Å². The number of hydrogen-bond donors (Lipinski definition) is 2. The number of aromatic nitrogens is 1. The van der Waals surface area contributed by atoms with E-state index < -0.39 is 0 Å². The number of nitrogens with one attached hydrogen (secondary N) is 2. The Morgan fingerprint density at radius 3 is 2.58 bits per heavy atom. The maximum absolute atomic E-state index is 12.3. The molecule has 0 aliphatic heterocycles. The lowest BCUT2D eigenvalue weighted by Gasteiger charge is -2.09. The molecule has 0 spiro atoms. The van der Waals surface area contributed by atoms with Crippen molar-refractivity contribution in [1.82, 2.24) is 10.3 Å². The molecule has 132 valence electrons. The second-order valence-corrected chi connectivity index (χ2v) is 6.34. The van der Waals surface area contributed by atoms with Gasteiger partial charge in [0.1, 0.15) is 5.82 Å². The number of anilines is 1. The molecule has 0 aliphatic rings. The third-order valence-corrected chi connectivity index (χ3v) is 4.16. The molecule has 0 bridgehead atoms. The van der Waals surface area contributed by atoms with Crippen LogP contribution in [0, 0.1) is 0 Å². The number of rotatable bonds is 7. The Labute approximate surface area is 158 Å². The van der Waals surface area contributed by atoms with Crippen molar-refractivity contribution in [3.05, 3.63) is 94.6 Å². The van der Waals surface area contributed by atoms with E-state index in [0.717, 1.165) is 22.6 Å². The van der Waals surface area contributed by atoms with E-state index in [1.165, 1.54) is 0 Å². The molecular formula is C21H20ClN3O. The van der Waals surface area contributed by atoms with Gasteiger partial charge in [-0.3, -0.25) is 4.79 Å².